The van der Waals surface area contributed by atoms with Gasteiger partial charge < -0.3 is 15.4 Å². The molecule has 0 bridgehead atoms. The molecule has 2 aliphatic heterocycles. The summed E-state index contributed by atoms with van der Waals surface area (Å²) in [6.07, 6.45) is -1.03. The van der Waals surface area contributed by atoms with Crippen LogP contribution in [-0.4, -0.2) is 50.0 Å². The maximum absolute atomic E-state index is 14.9. The van der Waals surface area contributed by atoms with E-state index in [1.54, 1.807) is 12.1 Å². The Kier molecular flexibility index (Phi) is 6.50. The van der Waals surface area contributed by atoms with E-state index >= 15 is 0 Å². The highest BCUT2D eigenvalue weighted by atomic mass is 19.1. The molecule has 2 aromatic rings. The van der Waals surface area contributed by atoms with Crippen LogP contribution in [-0.2, 0) is 16.1 Å². The Morgan fingerprint density at radius 3 is 2.72 bits per heavy atom. The van der Waals surface area contributed by atoms with Gasteiger partial charge >= 0.3 is 6.09 Å². The van der Waals surface area contributed by atoms with Crippen molar-refractivity contribution in [2.24, 2.45) is 15.4 Å². The third-order valence-electron chi connectivity index (χ3n) is 5.14. The second-order valence-corrected chi connectivity index (χ2v) is 7.57. The summed E-state index contributed by atoms with van der Waals surface area (Å²) >= 11 is 0. The lowest BCUT2D eigenvalue weighted by Gasteiger charge is -2.15. The van der Waals surface area contributed by atoms with E-state index in [9.17, 15) is 14.0 Å². The van der Waals surface area contributed by atoms with E-state index in [0.717, 1.165) is 16.8 Å². The van der Waals surface area contributed by atoms with Crippen molar-refractivity contribution >= 4 is 23.4 Å². The van der Waals surface area contributed by atoms with Crippen LogP contribution in [0.1, 0.15) is 12.5 Å². The topological polar surface area (TPSA) is 108 Å². The van der Waals surface area contributed by atoms with E-state index in [4.69, 9.17) is 4.74 Å². The molecule has 2 N–H and O–H groups in total. The first-order valence-corrected chi connectivity index (χ1v) is 10.2. The van der Waals surface area contributed by atoms with Gasteiger partial charge in [0.25, 0.3) is 0 Å². The first-order valence-electron chi connectivity index (χ1n) is 10.2. The standard InChI is InChI=1S/C22H23FN6O3/c1-14(30)25-12-19-13-29(22(31)32-19)18-6-7-20(21(23)8-18)16-4-2-15(3-5-16)9-24-10-17-11-26-28-27-17/h2-8,19,24H,9-13H2,1H3,(H,25,30)/t19-/m0/s1. The predicted molar refractivity (Wildman–Crippen MR) is 117 cm³/mol. The first kappa shape index (κ1) is 21.6. The van der Waals surface area contributed by atoms with Crippen LogP contribution in [0.4, 0.5) is 14.9 Å². The van der Waals surface area contributed by atoms with Gasteiger partial charge in [-0.2, -0.15) is 5.11 Å². The number of hydrogen-bond donors (Lipinski definition) is 2. The van der Waals surface area contributed by atoms with Crippen molar-refractivity contribution < 1.29 is 18.7 Å². The number of amides is 2. The lowest BCUT2D eigenvalue weighted by Crippen LogP contribution is -2.33. The quantitative estimate of drug-likeness (QED) is 0.661. The van der Waals surface area contributed by atoms with Crippen LogP contribution in [0, 0.1) is 5.82 Å². The SMILES string of the molecule is CC(=O)NC[C@H]1CN(c2ccc(-c3ccc(CNCC4=NN=NC4)cc3)c(F)c2)C(=O)O1. The minimum atomic E-state index is -0.560. The van der Waals surface area contributed by atoms with Crippen LogP contribution in [0.25, 0.3) is 11.1 Å². The maximum Gasteiger partial charge on any atom is 0.414 e. The summed E-state index contributed by atoms with van der Waals surface area (Å²) in [5, 5.41) is 17.2. The molecule has 0 saturated carbocycles. The third-order valence-corrected chi connectivity index (χ3v) is 5.14. The molecule has 2 amide bonds. The molecule has 0 spiro atoms. The number of cyclic esters (lactones) is 1. The molecule has 4 rings (SSSR count). The Bertz CT molecular complexity index is 1070. The number of benzene rings is 2. The number of nitrogens with zero attached hydrogens (tertiary/aromatic N) is 4. The monoisotopic (exact) mass is 438 g/mol. The van der Waals surface area contributed by atoms with E-state index in [1.807, 2.05) is 24.3 Å². The van der Waals surface area contributed by atoms with Crippen LogP contribution >= 0.6 is 0 Å². The zero-order chi connectivity index (χ0) is 22.5. The van der Waals surface area contributed by atoms with Gasteiger partial charge in [-0.15, -0.1) is 5.10 Å². The number of hydrogen-bond acceptors (Lipinski definition) is 7. The van der Waals surface area contributed by atoms with Crippen LogP contribution in [0.3, 0.4) is 0 Å². The molecule has 1 atom stereocenters. The number of ether oxygens (including phenoxy) is 1. The largest absolute Gasteiger partial charge is 0.442 e. The third kappa shape index (κ3) is 5.14. The Morgan fingerprint density at radius 2 is 2.03 bits per heavy atom. The molecule has 0 aliphatic carbocycles. The van der Waals surface area contributed by atoms with Gasteiger partial charge in [-0.1, -0.05) is 24.3 Å². The van der Waals surface area contributed by atoms with Crippen LogP contribution in [0.15, 0.2) is 57.9 Å². The van der Waals surface area contributed by atoms with E-state index in [-0.39, 0.29) is 19.0 Å². The summed E-state index contributed by atoms with van der Waals surface area (Å²) in [7, 11) is 0. The van der Waals surface area contributed by atoms with Gasteiger partial charge in [0.2, 0.25) is 5.91 Å². The lowest BCUT2D eigenvalue weighted by atomic mass is 10.0. The van der Waals surface area contributed by atoms with E-state index in [0.29, 0.717) is 30.9 Å². The second kappa shape index (κ2) is 9.65. The molecular weight excluding hydrogens is 415 g/mol. The highest BCUT2D eigenvalue weighted by Crippen LogP contribution is 2.29. The van der Waals surface area contributed by atoms with Crippen molar-refractivity contribution in [3.63, 3.8) is 0 Å². The van der Waals surface area contributed by atoms with Crippen molar-refractivity contribution in [3.05, 3.63) is 53.8 Å². The summed E-state index contributed by atoms with van der Waals surface area (Å²) in [6.45, 7) is 3.66. The molecular formula is C22H23FN6O3. The normalized spacial score (nSPS) is 17.4. The van der Waals surface area contributed by atoms with E-state index in [2.05, 4.69) is 26.1 Å². The van der Waals surface area contributed by atoms with Gasteiger partial charge in [-0.05, 0) is 34.5 Å². The van der Waals surface area contributed by atoms with Gasteiger partial charge in [0.05, 0.1) is 24.5 Å². The molecule has 2 heterocycles. The summed E-state index contributed by atoms with van der Waals surface area (Å²) < 4.78 is 20.1. The first-order chi connectivity index (χ1) is 15.5. The molecule has 0 unspecified atom stereocenters. The summed E-state index contributed by atoms with van der Waals surface area (Å²) in [6, 6.07) is 12.3. The van der Waals surface area contributed by atoms with Gasteiger partial charge in [0.15, 0.2) is 0 Å². The molecule has 10 heteroatoms. The molecule has 32 heavy (non-hydrogen) atoms. The van der Waals surface area contributed by atoms with Crippen LogP contribution < -0.4 is 15.5 Å². The molecule has 0 radical (unpaired) electrons. The minimum Gasteiger partial charge on any atom is -0.442 e. The van der Waals surface area contributed by atoms with E-state index < -0.39 is 18.0 Å². The van der Waals surface area contributed by atoms with Gasteiger partial charge in [-0.3, -0.25) is 9.69 Å². The second-order valence-electron chi connectivity index (χ2n) is 7.57. The van der Waals surface area contributed by atoms with Crippen molar-refractivity contribution in [2.45, 2.75) is 19.6 Å². The Balaban J connectivity index is 1.37. The smallest absolute Gasteiger partial charge is 0.414 e. The Labute approximate surface area is 184 Å². The fraction of sp³-hybridized carbons (Fsp3) is 0.318. The van der Waals surface area contributed by atoms with Crippen LogP contribution in [0.2, 0.25) is 0 Å². The van der Waals surface area contributed by atoms with Gasteiger partial charge in [0, 0.05) is 25.6 Å². The molecule has 9 nitrogen and oxygen atoms in total. The molecule has 2 aliphatic rings. The zero-order valence-electron chi connectivity index (χ0n) is 17.5. The van der Waals surface area contributed by atoms with E-state index in [1.165, 1.54) is 17.9 Å². The van der Waals surface area contributed by atoms with Crippen molar-refractivity contribution in [3.8, 4) is 11.1 Å². The fourth-order valence-corrected chi connectivity index (χ4v) is 3.49. The predicted octanol–water partition coefficient (Wildman–Crippen LogP) is 2.87. The maximum atomic E-state index is 14.9. The number of halogens is 1. The number of carbonyl (C=O) groups is 2. The lowest BCUT2D eigenvalue weighted by molar-refractivity contribution is -0.119. The minimum absolute atomic E-state index is 0.202. The number of rotatable bonds is 8. The Hall–Kier alpha value is -3.66. The number of anilines is 1. The average molecular weight is 438 g/mol. The molecule has 1 fully saturated rings. The van der Waals surface area contributed by atoms with Crippen molar-refractivity contribution in [1.29, 1.82) is 0 Å². The molecule has 166 valence electrons. The summed E-state index contributed by atoms with van der Waals surface area (Å²) in [4.78, 5) is 24.6. The molecule has 1 saturated heterocycles. The van der Waals surface area contributed by atoms with Crippen molar-refractivity contribution in [1.82, 2.24) is 10.6 Å². The van der Waals surface area contributed by atoms with Gasteiger partial charge in [0.1, 0.15) is 18.5 Å². The Morgan fingerprint density at radius 1 is 1.22 bits per heavy atom. The highest BCUT2D eigenvalue weighted by molar-refractivity contribution is 5.90. The molecule has 2 aromatic carbocycles. The highest BCUT2D eigenvalue weighted by Gasteiger charge is 2.32. The van der Waals surface area contributed by atoms with Gasteiger partial charge in [-0.25, -0.2) is 9.18 Å². The van der Waals surface area contributed by atoms with Crippen LogP contribution in [0.5, 0.6) is 0 Å². The fourth-order valence-electron chi connectivity index (χ4n) is 3.49. The number of nitrogens with one attached hydrogen (secondary N) is 2. The summed E-state index contributed by atoms with van der Waals surface area (Å²) in [5.74, 6) is -0.634. The number of carbonyl (C=O) groups excluding carboxylic acids is 2. The zero-order valence-corrected chi connectivity index (χ0v) is 17.5. The van der Waals surface area contributed by atoms with Crippen molar-refractivity contribution in [2.75, 3.05) is 31.1 Å². The summed E-state index contributed by atoms with van der Waals surface area (Å²) in [5.41, 5.74) is 3.55. The molecule has 0 aromatic heterocycles. The average Bonchev–Trinajstić information content (AvgIpc) is 3.42.